The van der Waals surface area contributed by atoms with Crippen molar-refractivity contribution in [2.75, 3.05) is 38.6 Å². The molecule has 0 bridgehead atoms. The second kappa shape index (κ2) is 8.73. The van der Waals surface area contributed by atoms with E-state index >= 15 is 0 Å². The Morgan fingerprint density at radius 3 is 2.88 bits per heavy atom. The number of carbonyl (C=O) groups excluding carboxylic acids is 1. The lowest BCUT2D eigenvalue weighted by Gasteiger charge is -2.29. The Morgan fingerprint density at radius 1 is 1.35 bits per heavy atom. The van der Waals surface area contributed by atoms with Crippen molar-refractivity contribution in [2.45, 2.75) is 45.1 Å². The van der Waals surface area contributed by atoms with Gasteiger partial charge in [-0.25, -0.2) is 0 Å². The van der Waals surface area contributed by atoms with Crippen LogP contribution in [0.15, 0.2) is 12.1 Å². The van der Waals surface area contributed by atoms with Crippen LogP contribution in [0.4, 0.5) is 5.69 Å². The summed E-state index contributed by atoms with van der Waals surface area (Å²) in [5.41, 5.74) is 1.39. The first-order valence-corrected chi connectivity index (χ1v) is 9.74. The summed E-state index contributed by atoms with van der Waals surface area (Å²) in [6.07, 6.45) is 6.32. The van der Waals surface area contributed by atoms with Gasteiger partial charge in [0.25, 0.3) is 5.91 Å². The molecule has 0 radical (unpaired) electrons. The number of phenolic OH excluding ortho intramolecular Hbond substituents is 1. The van der Waals surface area contributed by atoms with Gasteiger partial charge in [0.05, 0.1) is 0 Å². The molecular formula is C20H31N3O3. The number of benzene rings is 1. The van der Waals surface area contributed by atoms with Crippen LogP contribution in [0, 0.1) is 5.92 Å². The van der Waals surface area contributed by atoms with E-state index in [1.54, 1.807) is 6.07 Å². The fourth-order valence-electron chi connectivity index (χ4n) is 4.02. The summed E-state index contributed by atoms with van der Waals surface area (Å²) in [5.74, 6) is 1.27. The van der Waals surface area contributed by atoms with Crippen LogP contribution in [0.2, 0.25) is 0 Å². The highest BCUT2D eigenvalue weighted by Gasteiger charge is 2.24. The fraction of sp³-hybridized carbons (Fsp3) is 0.650. The number of hydrogen-bond donors (Lipinski definition) is 3. The number of ether oxygens (including phenoxy) is 1. The monoisotopic (exact) mass is 361 g/mol. The summed E-state index contributed by atoms with van der Waals surface area (Å²) in [6.45, 7) is 5.18. The van der Waals surface area contributed by atoms with Crippen LogP contribution in [0.25, 0.3) is 0 Å². The van der Waals surface area contributed by atoms with Gasteiger partial charge in [-0.15, -0.1) is 0 Å². The molecule has 3 rings (SSSR count). The predicted molar refractivity (Wildman–Crippen MR) is 103 cm³/mol. The van der Waals surface area contributed by atoms with Gasteiger partial charge in [0.15, 0.2) is 12.4 Å². The molecule has 1 atom stereocenters. The molecule has 1 amide bonds. The van der Waals surface area contributed by atoms with Crippen molar-refractivity contribution < 1.29 is 14.6 Å². The van der Waals surface area contributed by atoms with Crippen molar-refractivity contribution in [3.8, 4) is 11.5 Å². The number of fused-ring (bicyclic) bond motifs is 1. The van der Waals surface area contributed by atoms with Gasteiger partial charge in [0.2, 0.25) is 0 Å². The van der Waals surface area contributed by atoms with Crippen LogP contribution in [-0.4, -0.2) is 55.2 Å². The number of nitrogens with one attached hydrogen (secondary N) is 2. The molecule has 1 aromatic carbocycles. The summed E-state index contributed by atoms with van der Waals surface area (Å²) < 4.78 is 5.52. The molecule has 26 heavy (non-hydrogen) atoms. The molecule has 1 aromatic rings. The maximum atomic E-state index is 11.4. The number of hydrogen-bond acceptors (Lipinski definition) is 5. The maximum Gasteiger partial charge on any atom is 0.262 e. The molecule has 1 aliphatic carbocycles. The Morgan fingerprint density at radius 2 is 2.12 bits per heavy atom. The van der Waals surface area contributed by atoms with Crippen molar-refractivity contribution in [3.63, 3.8) is 0 Å². The van der Waals surface area contributed by atoms with Crippen molar-refractivity contribution in [1.82, 2.24) is 10.2 Å². The molecule has 6 nitrogen and oxygen atoms in total. The number of aromatic hydroxyl groups is 1. The normalized spacial score (nSPS) is 18.5. The van der Waals surface area contributed by atoms with Crippen molar-refractivity contribution in [1.29, 1.82) is 0 Å². The average molecular weight is 361 g/mol. The zero-order valence-corrected chi connectivity index (χ0v) is 15.9. The van der Waals surface area contributed by atoms with Crippen molar-refractivity contribution in [3.05, 3.63) is 17.7 Å². The van der Waals surface area contributed by atoms with E-state index in [1.807, 2.05) is 6.07 Å². The lowest BCUT2D eigenvalue weighted by atomic mass is 9.99. The number of rotatable bonds is 8. The smallest absolute Gasteiger partial charge is 0.262 e. The summed E-state index contributed by atoms with van der Waals surface area (Å²) in [7, 11) is 2.22. The van der Waals surface area contributed by atoms with Gasteiger partial charge in [-0.1, -0.05) is 18.9 Å². The van der Waals surface area contributed by atoms with Crippen LogP contribution >= 0.6 is 0 Å². The molecule has 1 fully saturated rings. The van der Waals surface area contributed by atoms with Crippen LogP contribution < -0.4 is 15.4 Å². The van der Waals surface area contributed by atoms with Gasteiger partial charge >= 0.3 is 0 Å². The second-order valence-corrected chi connectivity index (χ2v) is 7.55. The lowest BCUT2D eigenvalue weighted by Crippen LogP contribution is -2.39. The number of nitrogens with zero attached hydrogens (tertiary/aromatic N) is 1. The Balaban J connectivity index is 1.43. The number of amides is 1. The van der Waals surface area contributed by atoms with Crippen LogP contribution in [0.1, 0.15) is 38.2 Å². The summed E-state index contributed by atoms with van der Waals surface area (Å²) in [4.78, 5) is 13.9. The van der Waals surface area contributed by atoms with Gasteiger partial charge in [-0.3, -0.25) is 4.79 Å². The average Bonchev–Trinajstić information content (AvgIpc) is 3.17. The van der Waals surface area contributed by atoms with E-state index in [0.29, 0.717) is 17.5 Å². The van der Waals surface area contributed by atoms with E-state index in [9.17, 15) is 9.90 Å². The molecule has 2 aliphatic rings. The van der Waals surface area contributed by atoms with E-state index in [2.05, 4.69) is 29.5 Å². The third-order valence-corrected chi connectivity index (χ3v) is 5.82. The zero-order chi connectivity index (χ0) is 18.5. The summed E-state index contributed by atoms with van der Waals surface area (Å²) in [5, 5.41) is 16.1. The minimum Gasteiger partial charge on any atom is -0.506 e. The molecule has 1 heterocycles. The molecular weight excluding hydrogens is 330 g/mol. The van der Waals surface area contributed by atoms with E-state index in [1.165, 1.54) is 25.7 Å². The molecule has 144 valence electrons. The first-order valence-electron chi connectivity index (χ1n) is 9.74. The minimum absolute atomic E-state index is 0.000726. The number of anilines is 1. The minimum atomic E-state index is -0.234. The van der Waals surface area contributed by atoms with Crippen molar-refractivity contribution >= 4 is 11.6 Å². The molecule has 1 aliphatic heterocycles. The highest BCUT2D eigenvalue weighted by Crippen LogP contribution is 2.39. The van der Waals surface area contributed by atoms with Gasteiger partial charge in [0.1, 0.15) is 11.4 Å². The first-order chi connectivity index (χ1) is 12.6. The van der Waals surface area contributed by atoms with E-state index < -0.39 is 0 Å². The highest BCUT2D eigenvalue weighted by atomic mass is 16.5. The van der Waals surface area contributed by atoms with Gasteiger partial charge in [-0.2, -0.15) is 0 Å². The van der Waals surface area contributed by atoms with Crippen LogP contribution in [0.5, 0.6) is 11.5 Å². The SMILES string of the molecule is CC(C1CCCC1)N(C)CCNCCc1ccc(O)c2c1OCC(=O)N2. The van der Waals surface area contributed by atoms with Crippen LogP contribution in [-0.2, 0) is 11.2 Å². The molecule has 3 N–H and O–H groups in total. The Labute approximate surface area is 155 Å². The molecule has 0 spiro atoms. The first kappa shape index (κ1) is 19.0. The molecule has 1 unspecified atom stereocenters. The second-order valence-electron chi connectivity index (χ2n) is 7.55. The molecule has 0 aromatic heterocycles. The number of phenols is 1. The van der Waals surface area contributed by atoms with Gasteiger partial charge in [-0.05, 0) is 57.3 Å². The number of likely N-dealkylation sites (N-methyl/N-ethyl adjacent to an activating group) is 1. The summed E-state index contributed by atoms with van der Waals surface area (Å²) >= 11 is 0. The van der Waals surface area contributed by atoms with E-state index in [4.69, 9.17) is 4.74 Å². The van der Waals surface area contributed by atoms with E-state index in [-0.39, 0.29) is 18.3 Å². The maximum absolute atomic E-state index is 11.4. The Hall–Kier alpha value is -1.79. The quantitative estimate of drug-likeness (QED) is 0.490. The molecule has 6 heteroatoms. The van der Waals surface area contributed by atoms with Gasteiger partial charge < -0.3 is 25.4 Å². The van der Waals surface area contributed by atoms with Crippen molar-refractivity contribution in [2.24, 2.45) is 5.92 Å². The standard InChI is InChI=1S/C20H31N3O3/c1-14(15-5-3-4-6-15)23(2)12-11-21-10-9-16-7-8-17(24)19-20(16)26-13-18(25)22-19/h7-8,14-15,21,24H,3-6,9-13H2,1-2H3,(H,22,25). The third-order valence-electron chi connectivity index (χ3n) is 5.82. The Bertz CT molecular complexity index is 629. The lowest BCUT2D eigenvalue weighted by molar-refractivity contribution is -0.118. The van der Waals surface area contributed by atoms with E-state index in [0.717, 1.165) is 37.5 Å². The third kappa shape index (κ3) is 4.48. The Kier molecular flexibility index (Phi) is 6.38. The van der Waals surface area contributed by atoms with Gasteiger partial charge in [0, 0.05) is 19.1 Å². The van der Waals surface area contributed by atoms with Crippen LogP contribution in [0.3, 0.4) is 0 Å². The molecule has 0 saturated heterocycles. The summed E-state index contributed by atoms with van der Waals surface area (Å²) in [6, 6.07) is 4.13. The fourth-order valence-corrected chi connectivity index (χ4v) is 4.02. The highest BCUT2D eigenvalue weighted by molar-refractivity contribution is 5.97. The largest absolute Gasteiger partial charge is 0.506 e. The topological polar surface area (TPSA) is 73.8 Å². The molecule has 1 saturated carbocycles. The zero-order valence-electron chi connectivity index (χ0n) is 15.9. The predicted octanol–water partition coefficient (Wildman–Crippen LogP) is 2.37. The number of carbonyl (C=O) groups is 1.